The van der Waals surface area contributed by atoms with Crippen molar-refractivity contribution in [2.75, 3.05) is 16.4 Å². The zero-order chi connectivity index (χ0) is 24.1. The highest BCUT2D eigenvalue weighted by Gasteiger charge is 2.16. The summed E-state index contributed by atoms with van der Waals surface area (Å²) in [5, 5.41) is 14.8. The Balaban J connectivity index is 1.44. The monoisotopic (exact) mass is 471 g/mol. The topological polar surface area (TPSA) is 88.9 Å². The Hall–Kier alpha value is -3.91. The Morgan fingerprint density at radius 3 is 2.35 bits per heavy atom. The molecule has 0 saturated heterocycles. The fourth-order valence-electron chi connectivity index (χ4n) is 3.53. The Kier molecular flexibility index (Phi) is 7.08. The third kappa shape index (κ3) is 5.52. The Bertz CT molecular complexity index is 1350. The summed E-state index contributed by atoms with van der Waals surface area (Å²) in [6.07, 6.45) is 0. The van der Waals surface area contributed by atoms with Crippen LogP contribution in [0.15, 0.2) is 78.0 Å². The standard InChI is InChI=1S/C26H25N5O2S/c1-17-8-6-10-20(14-17)27-25(33)22-12-4-5-13-23(22)28-24(32)16-34-26-30-29-19(3)31(26)21-11-7-9-18(2)15-21/h4-15H,16H2,1-3H3,(H,27,33)(H,28,32). The van der Waals surface area contributed by atoms with Crippen LogP contribution in [-0.4, -0.2) is 32.3 Å². The van der Waals surface area contributed by atoms with Gasteiger partial charge in [0.05, 0.1) is 17.0 Å². The van der Waals surface area contributed by atoms with Gasteiger partial charge in [-0.05, 0) is 68.3 Å². The van der Waals surface area contributed by atoms with Gasteiger partial charge >= 0.3 is 0 Å². The molecule has 0 unspecified atom stereocenters. The van der Waals surface area contributed by atoms with Crippen molar-refractivity contribution >= 4 is 35.0 Å². The van der Waals surface area contributed by atoms with Gasteiger partial charge in [0.25, 0.3) is 5.91 Å². The van der Waals surface area contributed by atoms with E-state index in [0.29, 0.717) is 22.1 Å². The largest absolute Gasteiger partial charge is 0.325 e. The van der Waals surface area contributed by atoms with Gasteiger partial charge in [-0.3, -0.25) is 14.2 Å². The van der Waals surface area contributed by atoms with Gasteiger partial charge in [-0.2, -0.15) is 0 Å². The molecule has 7 nitrogen and oxygen atoms in total. The fourth-order valence-corrected chi connectivity index (χ4v) is 4.33. The number of para-hydroxylation sites is 1. The van der Waals surface area contributed by atoms with E-state index in [0.717, 1.165) is 22.6 Å². The summed E-state index contributed by atoms with van der Waals surface area (Å²) in [6, 6.07) is 22.5. The molecule has 4 rings (SSSR count). The number of hydrogen-bond donors (Lipinski definition) is 2. The van der Waals surface area contributed by atoms with Gasteiger partial charge in [0, 0.05) is 11.4 Å². The average molecular weight is 472 g/mol. The molecular formula is C26H25N5O2S. The molecule has 0 aliphatic carbocycles. The maximum Gasteiger partial charge on any atom is 0.257 e. The molecule has 4 aromatic rings. The Labute approximate surface area is 202 Å². The minimum Gasteiger partial charge on any atom is -0.325 e. The number of aryl methyl sites for hydroxylation is 3. The molecule has 3 aromatic carbocycles. The van der Waals surface area contributed by atoms with Crippen LogP contribution in [0.3, 0.4) is 0 Å². The first-order valence-electron chi connectivity index (χ1n) is 10.8. The van der Waals surface area contributed by atoms with Crippen LogP contribution in [0.4, 0.5) is 11.4 Å². The molecule has 0 radical (unpaired) electrons. The summed E-state index contributed by atoms with van der Waals surface area (Å²) in [7, 11) is 0. The predicted molar refractivity (Wildman–Crippen MR) is 136 cm³/mol. The summed E-state index contributed by atoms with van der Waals surface area (Å²) >= 11 is 1.29. The van der Waals surface area contributed by atoms with Crippen molar-refractivity contribution in [3.8, 4) is 5.69 Å². The number of hydrogen-bond acceptors (Lipinski definition) is 5. The highest BCUT2D eigenvalue weighted by molar-refractivity contribution is 7.99. The van der Waals surface area contributed by atoms with Crippen LogP contribution in [0, 0.1) is 20.8 Å². The lowest BCUT2D eigenvalue weighted by Gasteiger charge is -2.12. The number of carbonyl (C=O) groups is 2. The molecule has 2 amide bonds. The van der Waals surface area contributed by atoms with Gasteiger partial charge in [0.1, 0.15) is 5.82 Å². The van der Waals surface area contributed by atoms with Crippen LogP contribution in [0.2, 0.25) is 0 Å². The van der Waals surface area contributed by atoms with E-state index >= 15 is 0 Å². The molecular weight excluding hydrogens is 446 g/mol. The lowest BCUT2D eigenvalue weighted by Crippen LogP contribution is -2.19. The number of rotatable bonds is 7. The number of amides is 2. The molecule has 34 heavy (non-hydrogen) atoms. The summed E-state index contributed by atoms with van der Waals surface area (Å²) < 4.78 is 1.92. The Morgan fingerprint density at radius 1 is 0.853 bits per heavy atom. The van der Waals surface area contributed by atoms with Crippen LogP contribution in [-0.2, 0) is 4.79 Å². The number of aromatic nitrogens is 3. The molecule has 1 heterocycles. The summed E-state index contributed by atoms with van der Waals surface area (Å²) in [4.78, 5) is 25.6. The van der Waals surface area contributed by atoms with Gasteiger partial charge in [-0.1, -0.05) is 48.2 Å². The lowest BCUT2D eigenvalue weighted by atomic mass is 10.1. The summed E-state index contributed by atoms with van der Waals surface area (Å²) in [6.45, 7) is 5.86. The molecule has 2 N–H and O–H groups in total. The van der Waals surface area contributed by atoms with Crippen molar-refractivity contribution in [3.63, 3.8) is 0 Å². The maximum absolute atomic E-state index is 12.8. The zero-order valence-corrected chi connectivity index (χ0v) is 20.0. The molecule has 0 aliphatic rings. The van der Waals surface area contributed by atoms with E-state index in [1.807, 2.05) is 73.9 Å². The zero-order valence-electron chi connectivity index (χ0n) is 19.2. The van der Waals surface area contributed by atoms with Crippen molar-refractivity contribution in [1.82, 2.24) is 14.8 Å². The van der Waals surface area contributed by atoms with Crippen LogP contribution in [0.25, 0.3) is 5.69 Å². The molecule has 1 aromatic heterocycles. The van der Waals surface area contributed by atoms with E-state index in [-0.39, 0.29) is 17.6 Å². The normalized spacial score (nSPS) is 10.7. The minimum absolute atomic E-state index is 0.123. The Morgan fingerprint density at radius 2 is 1.59 bits per heavy atom. The van der Waals surface area contributed by atoms with E-state index in [4.69, 9.17) is 0 Å². The molecule has 8 heteroatoms. The number of anilines is 2. The molecule has 172 valence electrons. The molecule has 0 saturated carbocycles. The van der Waals surface area contributed by atoms with E-state index < -0.39 is 0 Å². The van der Waals surface area contributed by atoms with Crippen molar-refractivity contribution < 1.29 is 9.59 Å². The fraction of sp³-hybridized carbons (Fsp3) is 0.154. The van der Waals surface area contributed by atoms with E-state index in [1.54, 1.807) is 24.3 Å². The predicted octanol–water partition coefficient (Wildman–Crippen LogP) is 5.18. The van der Waals surface area contributed by atoms with Gasteiger partial charge in [-0.25, -0.2) is 0 Å². The molecule has 0 spiro atoms. The third-order valence-electron chi connectivity index (χ3n) is 5.11. The van der Waals surface area contributed by atoms with Gasteiger partial charge in [0.2, 0.25) is 5.91 Å². The van der Waals surface area contributed by atoms with Gasteiger partial charge in [0.15, 0.2) is 5.16 Å². The smallest absolute Gasteiger partial charge is 0.257 e. The second-order valence-corrected chi connectivity index (χ2v) is 8.85. The molecule has 0 fully saturated rings. The minimum atomic E-state index is -0.288. The second-order valence-electron chi connectivity index (χ2n) is 7.91. The van der Waals surface area contributed by atoms with Gasteiger partial charge < -0.3 is 10.6 Å². The quantitative estimate of drug-likeness (QED) is 0.363. The average Bonchev–Trinajstić information content (AvgIpc) is 3.18. The molecule has 0 aliphatic heterocycles. The van der Waals surface area contributed by atoms with Crippen LogP contribution in [0.1, 0.15) is 27.3 Å². The molecule has 0 bridgehead atoms. The van der Waals surface area contributed by atoms with Crippen molar-refractivity contribution in [1.29, 1.82) is 0 Å². The number of nitrogens with one attached hydrogen (secondary N) is 2. The molecule has 0 atom stereocenters. The van der Waals surface area contributed by atoms with E-state index in [1.165, 1.54) is 11.8 Å². The highest BCUT2D eigenvalue weighted by atomic mass is 32.2. The maximum atomic E-state index is 12.8. The lowest BCUT2D eigenvalue weighted by molar-refractivity contribution is -0.113. The number of benzene rings is 3. The van der Waals surface area contributed by atoms with Crippen LogP contribution < -0.4 is 10.6 Å². The second kappa shape index (κ2) is 10.4. The van der Waals surface area contributed by atoms with Gasteiger partial charge in [-0.15, -0.1) is 10.2 Å². The number of thioether (sulfide) groups is 1. The highest BCUT2D eigenvalue weighted by Crippen LogP contribution is 2.23. The first kappa shape index (κ1) is 23.3. The van der Waals surface area contributed by atoms with Crippen molar-refractivity contribution in [2.24, 2.45) is 0 Å². The van der Waals surface area contributed by atoms with Crippen LogP contribution >= 0.6 is 11.8 Å². The van der Waals surface area contributed by atoms with Crippen molar-refractivity contribution in [3.05, 3.63) is 95.3 Å². The van der Waals surface area contributed by atoms with Crippen molar-refractivity contribution in [2.45, 2.75) is 25.9 Å². The summed E-state index contributed by atoms with van der Waals surface area (Å²) in [5.74, 6) is 0.338. The first-order valence-corrected chi connectivity index (χ1v) is 11.8. The SMILES string of the molecule is Cc1cccc(NC(=O)c2ccccc2NC(=O)CSc2nnc(C)n2-c2cccc(C)c2)c1. The number of nitrogens with zero attached hydrogens (tertiary/aromatic N) is 3. The van der Waals surface area contributed by atoms with Crippen LogP contribution in [0.5, 0.6) is 0 Å². The number of carbonyl (C=O) groups excluding carboxylic acids is 2. The summed E-state index contributed by atoms with van der Waals surface area (Å²) in [5.41, 5.74) is 4.66. The van der Waals surface area contributed by atoms with E-state index in [2.05, 4.69) is 20.8 Å². The first-order chi connectivity index (χ1) is 16.4. The van der Waals surface area contributed by atoms with E-state index in [9.17, 15) is 9.59 Å². The third-order valence-corrected chi connectivity index (χ3v) is 6.04.